The first-order chi connectivity index (χ1) is 7.25. The van der Waals surface area contributed by atoms with E-state index in [1.54, 1.807) is 0 Å². The highest BCUT2D eigenvalue weighted by molar-refractivity contribution is 5.21. The average Bonchev–Trinajstić information content (AvgIpc) is 2.85. The van der Waals surface area contributed by atoms with Gasteiger partial charge >= 0.3 is 0 Å². The van der Waals surface area contributed by atoms with Crippen LogP contribution >= 0.6 is 0 Å². The third-order valence-corrected chi connectivity index (χ3v) is 3.79. The predicted molar refractivity (Wildman–Crippen MR) is 61.2 cm³/mol. The lowest BCUT2D eigenvalue weighted by molar-refractivity contribution is 0.279. The molecule has 0 atom stereocenters. The molecule has 1 heterocycles. The van der Waals surface area contributed by atoms with Crippen molar-refractivity contribution in [1.82, 2.24) is 9.78 Å². The molecule has 2 fully saturated rings. The first kappa shape index (κ1) is 9.44. The number of rotatable bonds is 3. The molecule has 0 amide bonds. The quantitative estimate of drug-likeness (QED) is 0.735. The summed E-state index contributed by atoms with van der Waals surface area (Å²) in [5.41, 5.74) is 2.83. The van der Waals surface area contributed by atoms with Crippen LogP contribution in [0.4, 0.5) is 0 Å². The highest BCUT2D eigenvalue weighted by atomic mass is 15.3. The van der Waals surface area contributed by atoms with Gasteiger partial charge in [-0.2, -0.15) is 5.10 Å². The zero-order chi connectivity index (χ0) is 10.4. The molecule has 15 heavy (non-hydrogen) atoms. The van der Waals surface area contributed by atoms with Crippen molar-refractivity contribution in [2.45, 2.75) is 63.8 Å². The van der Waals surface area contributed by atoms with Crippen LogP contribution in [0.15, 0.2) is 6.07 Å². The lowest BCUT2D eigenvalue weighted by Gasteiger charge is -2.28. The zero-order valence-electron chi connectivity index (χ0n) is 9.74. The van der Waals surface area contributed by atoms with Gasteiger partial charge in [0.15, 0.2) is 0 Å². The largest absolute Gasteiger partial charge is 0.266 e. The van der Waals surface area contributed by atoms with E-state index in [4.69, 9.17) is 5.10 Å². The lowest BCUT2D eigenvalue weighted by atomic mass is 9.92. The van der Waals surface area contributed by atoms with Crippen molar-refractivity contribution in [3.05, 3.63) is 17.5 Å². The van der Waals surface area contributed by atoms with Crippen molar-refractivity contribution in [2.75, 3.05) is 0 Å². The van der Waals surface area contributed by atoms with E-state index >= 15 is 0 Å². The molecular formula is C13H20N2. The van der Waals surface area contributed by atoms with Crippen molar-refractivity contribution < 1.29 is 0 Å². The van der Waals surface area contributed by atoms with Gasteiger partial charge in [0, 0.05) is 11.6 Å². The van der Waals surface area contributed by atoms with E-state index < -0.39 is 0 Å². The van der Waals surface area contributed by atoms with Gasteiger partial charge in [-0.15, -0.1) is 0 Å². The normalized spacial score (nSPS) is 22.1. The van der Waals surface area contributed by atoms with Crippen molar-refractivity contribution in [2.24, 2.45) is 0 Å². The molecule has 3 rings (SSSR count). The second-order valence-corrected chi connectivity index (χ2v) is 5.45. The molecule has 0 bridgehead atoms. The van der Waals surface area contributed by atoms with Crippen molar-refractivity contribution in [1.29, 1.82) is 0 Å². The van der Waals surface area contributed by atoms with Crippen molar-refractivity contribution in [3.63, 3.8) is 0 Å². The van der Waals surface area contributed by atoms with E-state index in [0.29, 0.717) is 5.92 Å². The highest BCUT2D eigenvalue weighted by Gasteiger charge is 2.30. The lowest BCUT2D eigenvalue weighted by Crippen LogP contribution is -2.20. The minimum Gasteiger partial charge on any atom is -0.266 e. The Morgan fingerprint density at radius 2 is 2.00 bits per heavy atom. The molecule has 0 radical (unpaired) electrons. The predicted octanol–water partition coefficient (Wildman–Crippen LogP) is 3.61. The maximum atomic E-state index is 4.83. The summed E-state index contributed by atoms with van der Waals surface area (Å²) in [7, 11) is 0. The molecule has 0 aromatic carbocycles. The number of nitrogens with zero attached hydrogens (tertiary/aromatic N) is 2. The third-order valence-electron chi connectivity index (χ3n) is 3.79. The third kappa shape index (κ3) is 1.60. The first-order valence-electron chi connectivity index (χ1n) is 6.35. The Bertz CT molecular complexity index is 357. The smallest absolute Gasteiger partial charge is 0.0658 e. The maximum Gasteiger partial charge on any atom is 0.0658 e. The Morgan fingerprint density at radius 1 is 1.27 bits per heavy atom. The molecule has 0 spiro atoms. The SMILES string of the molecule is CC(C)c1cc(C2CC2)nn1C1CCC1. The van der Waals surface area contributed by atoms with E-state index in [2.05, 4.69) is 24.6 Å². The summed E-state index contributed by atoms with van der Waals surface area (Å²) in [4.78, 5) is 0. The molecule has 2 aliphatic carbocycles. The Hall–Kier alpha value is -0.790. The molecule has 2 nitrogen and oxygen atoms in total. The summed E-state index contributed by atoms with van der Waals surface area (Å²) in [6.07, 6.45) is 6.79. The van der Waals surface area contributed by atoms with Crippen LogP contribution in [-0.4, -0.2) is 9.78 Å². The van der Waals surface area contributed by atoms with Crippen molar-refractivity contribution in [3.8, 4) is 0 Å². The number of aromatic nitrogens is 2. The zero-order valence-corrected chi connectivity index (χ0v) is 9.74. The Kier molecular flexibility index (Phi) is 2.11. The van der Waals surface area contributed by atoms with Crippen LogP contribution in [0.1, 0.15) is 75.2 Å². The molecule has 82 valence electrons. The highest BCUT2D eigenvalue weighted by Crippen LogP contribution is 2.42. The molecular weight excluding hydrogens is 184 g/mol. The first-order valence-corrected chi connectivity index (χ1v) is 6.35. The fraction of sp³-hybridized carbons (Fsp3) is 0.769. The van der Waals surface area contributed by atoms with Crippen LogP contribution in [0.5, 0.6) is 0 Å². The van der Waals surface area contributed by atoms with Gasteiger partial charge in [-0.1, -0.05) is 13.8 Å². The molecule has 0 unspecified atom stereocenters. The van der Waals surface area contributed by atoms with Crippen LogP contribution in [0.25, 0.3) is 0 Å². The van der Waals surface area contributed by atoms with Gasteiger partial charge in [0.25, 0.3) is 0 Å². The van der Waals surface area contributed by atoms with Gasteiger partial charge in [0.1, 0.15) is 0 Å². The Morgan fingerprint density at radius 3 is 2.47 bits per heavy atom. The summed E-state index contributed by atoms with van der Waals surface area (Å²) >= 11 is 0. The number of hydrogen-bond acceptors (Lipinski definition) is 1. The van der Waals surface area contributed by atoms with E-state index in [1.165, 1.54) is 43.5 Å². The second kappa shape index (κ2) is 3.36. The van der Waals surface area contributed by atoms with Crippen molar-refractivity contribution >= 4 is 0 Å². The van der Waals surface area contributed by atoms with Gasteiger partial charge in [0.2, 0.25) is 0 Å². The van der Waals surface area contributed by atoms with Crippen LogP contribution in [-0.2, 0) is 0 Å². The average molecular weight is 204 g/mol. The minimum absolute atomic E-state index is 0.616. The molecule has 1 aromatic heterocycles. The monoisotopic (exact) mass is 204 g/mol. The van der Waals surface area contributed by atoms with Crippen LogP contribution < -0.4 is 0 Å². The molecule has 2 saturated carbocycles. The summed E-state index contributed by atoms with van der Waals surface area (Å²) in [5.74, 6) is 1.41. The topological polar surface area (TPSA) is 17.8 Å². The Labute approximate surface area is 91.7 Å². The number of hydrogen-bond donors (Lipinski definition) is 0. The van der Waals surface area contributed by atoms with Gasteiger partial charge in [-0.05, 0) is 44.1 Å². The molecule has 0 aliphatic heterocycles. The fourth-order valence-electron chi connectivity index (χ4n) is 2.36. The molecule has 0 N–H and O–H groups in total. The van der Waals surface area contributed by atoms with Gasteiger partial charge in [-0.3, -0.25) is 4.68 Å². The van der Waals surface area contributed by atoms with Gasteiger partial charge in [0.05, 0.1) is 11.7 Å². The van der Waals surface area contributed by atoms with Crippen LogP contribution in [0, 0.1) is 0 Å². The second-order valence-electron chi connectivity index (χ2n) is 5.45. The summed E-state index contributed by atoms with van der Waals surface area (Å²) < 4.78 is 2.34. The van der Waals surface area contributed by atoms with E-state index in [9.17, 15) is 0 Å². The van der Waals surface area contributed by atoms with E-state index in [0.717, 1.165) is 12.0 Å². The van der Waals surface area contributed by atoms with E-state index in [1.807, 2.05) is 0 Å². The van der Waals surface area contributed by atoms with Crippen LogP contribution in [0.3, 0.4) is 0 Å². The summed E-state index contributed by atoms with van der Waals surface area (Å²) in [6.45, 7) is 4.56. The minimum atomic E-state index is 0.616. The molecule has 2 heteroatoms. The summed E-state index contributed by atoms with van der Waals surface area (Å²) in [5, 5.41) is 4.83. The van der Waals surface area contributed by atoms with E-state index in [-0.39, 0.29) is 0 Å². The molecule has 0 saturated heterocycles. The van der Waals surface area contributed by atoms with Gasteiger partial charge < -0.3 is 0 Å². The molecule has 1 aromatic rings. The fourth-order valence-corrected chi connectivity index (χ4v) is 2.36. The summed E-state index contributed by atoms with van der Waals surface area (Å²) in [6, 6.07) is 3.08. The maximum absolute atomic E-state index is 4.83. The van der Waals surface area contributed by atoms with Crippen LogP contribution in [0.2, 0.25) is 0 Å². The molecule has 2 aliphatic rings. The van der Waals surface area contributed by atoms with Gasteiger partial charge in [-0.25, -0.2) is 0 Å². The standard InChI is InChI=1S/C13H20N2/c1-9(2)13-8-12(10-6-7-10)14-15(13)11-4-3-5-11/h8-11H,3-7H2,1-2H3. The Balaban J connectivity index is 1.93.